The number of pyridine rings is 1. The first kappa shape index (κ1) is 13.8. The smallest absolute Gasteiger partial charge is 0.249 e. The molecule has 10 nitrogen and oxygen atoms in total. The normalized spacial score (nSPS) is 12.0. The fraction of sp³-hybridized carbons (Fsp3) is 0.250. The highest BCUT2D eigenvalue weighted by atomic mass is 16.5. The lowest BCUT2D eigenvalue weighted by Gasteiger charge is -2.08. The summed E-state index contributed by atoms with van der Waals surface area (Å²) in [5, 5.41) is 17.1. The number of rotatable bonds is 5. The summed E-state index contributed by atoms with van der Waals surface area (Å²) in [6.45, 7) is 1.76. The molecule has 1 amide bonds. The number of nitrogens with zero attached hydrogens (tertiary/aromatic N) is 7. The molecule has 3 heterocycles. The summed E-state index contributed by atoms with van der Waals surface area (Å²) in [5.41, 5.74) is 0.602. The van der Waals surface area contributed by atoms with Crippen LogP contribution in [0.1, 0.15) is 18.9 Å². The molecule has 1 atom stereocenters. The van der Waals surface area contributed by atoms with Crippen molar-refractivity contribution < 1.29 is 9.32 Å². The van der Waals surface area contributed by atoms with Gasteiger partial charge in [0.25, 0.3) is 0 Å². The molecule has 0 spiro atoms. The van der Waals surface area contributed by atoms with E-state index in [-0.39, 0.29) is 12.5 Å². The summed E-state index contributed by atoms with van der Waals surface area (Å²) in [5.74, 6) is 0.403. The summed E-state index contributed by atoms with van der Waals surface area (Å²) in [4.78, 5) is 20.2. The molecular formula is C12H12N8O2. The third kappa shape index (κ3) is 3.11. The molecule has 0 fully saturated rings. The van der Waals surface area contributed by atoms with Gasteiger partial charge in [-0.15, -0.1) is 5.10 Å². The first-order chi connectivity index (χ1) is 10.7. The SMILES string of the molecule is C[C@H](NC(=O)Cn1cnnn1)c1nc(-c2ccccn2)no1. The highest BCUT2D eigenvalue weighted by molar-refractivity contribution is 5.75. The van der Waals surface area contributed by atoms with Crippen molar-refractivity contribution >= 4 is 5.91 Å². The van der Waals surface area contributed by atoms with Crippen LogP contribution in [0.4, 0.5) is 0 Å². The zero-order valence-corrected chi connectivity index (χ0v) is 11.6. The Morgan fingerprint density at radius 2 is 2.36 bits per heavy atom. The molecule has 112 valence electrons. The first-order valence-electron chi connectivity index (χ1n) is 6.47. The average Bonchev–Trinajstić information content (AvgIpc) is 3.19. The Morgan fingerprint density at radius 3 is 3.09 bits per heavy atom. The Balaban J connectivity index is 1.64. The second-order valence-electron chi connectivity index (χ2n) is 4.47. The van der Waals surface area contributed by atoms with E-state index in [0.717, 1.165) is 0 Å². The second kappa shape index (κ2) is 6.08. The maximum Gasteiger partial charge on any atom is 0.249 e. The van der Waals surface area contributed by atoms with Crippen LogP contribution in [0.5, 0.6) is 0 Å². The van der Waals surface area contributed by atoms with E-state index in [1.165, 1.54) is 11.0 Å². The molecule has 10 heteroatoms. The molecule has 1 N–H and O–H groups in total. The lowest BCUT2D eigenvalue weighted by Crippen LogP contribution is -2.30. The van der Waals surface area contributed by atoms with Gasteiger partial charge in [-0.05, 0) is 29.5 Å². The lowest BCUT2D eigenvalue weighted by molar-refractivity contribution is -0.122. The second-order valence-corrected chi connectivity index (χ2v) is 4.47. The fourth-order valence-electron chi connectivity index (χ4n) is 1.76. The van der Waals surface area contributed by atoms with Crippen LogP contribution >= 0.6 is 0 Å². The van der Waals surface area contributed by atoms with Crippen molar-refractivity contribution in [2.45, 2.75) is 19.5 Å². The molecule has 3 aromatic heterocycles. The van der Waals surface area contributed by atoms with Gasteiger partial charge >= 0.3 is 0 Å². The number of hydrogen-bond acceptors (Lipinski definition) is 8. The van der Waals surface area contributed by atoms with Crippen LogP contribution in [-0.2, 0) is 11.3 Å². The van der Waals surface area contributed by atoms with E-state index in [4.69, 9.17) is 4.52 Å². The van der Waals surface area contributed by atoms with Crippen molar-refractivity contribution in [3.05, 3.63) is 36.6 Å². The molecule has 0 aromatic carbocycles. The number of aromatic nitrogens is 7. The largest absolute Gasteiger partial charge is 0.343 e. The summed E-state index contributed by atoms with van der Waals surface area (Å²) in [7, 11) is 0. The van der Waals surface area contributed by atoms with Crippen molar-refractivity contribution in [2.75, 3.05) is 0 Å². The van der Waals surface area contributed by atoms with Crippen molar-refractivity contribution in [2.24, 2.45) is 0 Å². The highest BCUT2D eigenvalue weighted by Crippen LogP contribution is 2.16. The predicted molar refractivity (Wildman–Crippen MR) is 71.9 cm³/mol. The van der Waals surface area contributed by atoms with Crippen molar-refractivity contribution in [3.63, 3.8) is 0 Å². The van der Waals surface area contributed by atoms with Crippen molar-refractivity contribution in [1.29, 1.82) is 0 Å². The number of tetrazole rings is 1. The van der Waals surface area contributed by atoms with Crippen LogP contribution in [0.25, 0.3) is 11.5 Å². The standard InChI is InChI=1S/C12H12N8O2/c1-8(15-10(21)6-20-7-14-18-19-20)12-16-11(17-22-12)9-4-2-3-5-13-9/h2-5,7-8H,6H2,1H3,(H,15,21)/t8-/m0/s1. The van der Waals surface area contributed by atoms with Gasteiger partial charge in [0.05, 0.1) is 0 Å². The number of hydrogen-bond donors (Lipinski definition) is 1. The Morgan fingerprint density at radius 1 is 1.45 bits per heavy atom. The molecule has 0 aliphatic rings. The van der Waals surface area contributed by atoms with E-state index in [1.807, 2.05) is 6.07 Å². The predicted octanol–water partition coefficient (Wildman–Crippen LogP) is -0.00450. The molecular weight excluding hydrogens is 288 g/mol. The van der Waals surface area contributed by atoms with Gasteiger partial charge < -0.3 is 9.84 Å². The van der Waals surface area contributed by atoms with E-state index in [1.54, 1.807) is 25.3 Å². The zero-order chi connectivity index (χ0) is 15.4. The van der Waals surface area contributed by atoms with E-state index < -0.39 is 6.04 Å². The van der Waals surface area contributed by atoms with Crippen molar-refractivity contribution in [3.8, 4) is 11.5 Å². The van der Waals surface area contributed by atoms with Gasteiger partial charge in [0, 0.05) is 6.20 Å². The van der Waals surface area contributed by atoms with Crippen LogP contribution in [0.15, 0.2) is 35.2 Å². The van der Waals surface area contributed by atoms with E-state index in [2.05, 4.69) is 36.0 Å². The van der Waals surface area contributed by atoms with E-state index in [0.29, 0.717) is 17.4 Å². The Bertz CT molecular complexity index is 740. The van der Waals surface area contributed by atoms with Crippen molar-refractivity contribution in [1.82, 2.24) is 40.6 Å². The number of carbonyl (C=O) groups excluding carboxylic acids is 1. The Hall–Kier alpha value is -3.17. The van der Waals surface area contributed by atoms with E-state index >= 15 is 0 Å². The maximum atomic E-state index is 11.8. The van der Waals surface area contributed by atoms with Gasteiger partial charge in [-0.25, -0.2) is 4.68 Å². The summed E-state index contributed by atoms with van der Waals surface area (Å²) >= 11 is 0. The molecule has 0 unspecified atom stereocenters. The molecule has 0 saturated carbocycles. The quantitative estimate of drug-likeness (QED) is 0.697. The zero-order valence-electron chi connectivity index (χ0n) is 11.6. The van der Waals surface area contributed by atoms with Gasteiger partial charge in [-0.1, -0.05) is 11.2 Å². The van der Waals surface area contributed by atoms with Gasteiger partial charge in [0.15, 0.2) is 0 Å². The monoisotopic (exact) mass is 300 g/mol. The minimum atomic E-state index is -0.436. The Labute approximate surface area is 124 Å². The molecule has 0 bridgehead atoms. The third-order valence-corrected chi connectivity index (χ3v) is 2.78. The molecule has 0 saturated heterocycles. The summed E-state index contributed by atoms with van der Waals surface area (Å²) < 4.78 is 6.47. The highest BCUT2D eigenvalue weighted by Gasteiger charge is 2.18. The van der Waals surface area contributed by atoms with Gasteiger partial charge in [0.1, 0.15) is 24.6 Å². The third-order valence-electron chi connectivity index (χ3n) is 2.78. The molecule has 22 heavy (non-hydrogen) atoms. The number of carbonyl (C=O) groups is 1. The number of amides is 1. The minimum Gasteiger partial charge on any atom is -0.343 e. The summed E-state index contributed by atoms with van der Waals surface area (Å²) in [6.07, 6.45) is 3.00. The molecule has 0 aliphatic carbocycles. The van der Waals surface area contributed by atoms with Crippen LogP contribution in [0.2, 0.25) is 0 Å². The molecule has 3 aromatic rings. The lowest BCUT2D eigenvalue weighted by atomic mass is 10.3. The molecule has 0 aliphatic heterocycles. The fourth-order valence-corrected chi connectivity index (χ4v) is 1.76. The van der Waals surface area contributed by atoms with Gasteiger partial charge in [-0.2, -0.15) is 4.98 Å². The van der Waals surface area contributed by atoms with Crippen LogP contribution < -0.4 is 5.32 Å². The first-order valence-corrected chi connectivity index (χ1v) is 6.47. The Kier molecular flexibility index (Phi) is 3.81. The van der Waals surface area contributed by atoms with Crippen LogP contribution in [0, 0.1) is 0 Å². The van der Waals surface area contributed by atoms with E-state index in [9.17, 15) is 4.79 Å². The van der Waals surface area contributed by atoms with Crippen LogP contribution in [0.3, 0.4) is 0 Å². The molecule has 3 rings (SSSR count). The van der Waals surface area contributed by atoms with Gasteiger partial charge in [0.2, 0.25) is 17.6 Å². The summed E-state index contributed by atoms with van der Waals surface area (Å²) in [6, 6.07) is 4.96. The van der Waals surface area contributed by atoms with Gasteiger partial charge in [-0.3, -0.25) is 9.78 Å². The number of nitrogens with one attached hydrogen (secondary N) is 1. The minimum absolute atomic E-state index is 0.0125. The maximum absolute atomic E-state index is 11.8. The topological polar surface area (TPSA) is 125 Å². The molecule has 0 radical (unpaired) electrons. The van der Waals surface area contributed by atoms with Crippen LogP contribution in [-0.4, -0.2) is 41.2 Å². The average molecular weight is 300 g/mol.